The summed E-state index contributed by atoms with van der Waals surface area (Å²) in [7, 11) is 1.60. The zero-order valence-corrected chi connectivity index (χ0v) is 13.4. The Morgan fingerprint density at radius 1 is 1.25 bits per heavy atom. The van der Waals surface area contributed by atoms with Crippen LogP contribution in [0, 0.1) is 6.92 Å². The van der Waals surface area contributed by atoms with Crippen LogP contribution in [0.5, 0.6) is 5.75 Å². The lowest BCUT2D eigenvalue weighted by Gasteiger charge is -2.09. The molecule has 0 aromatic heterocycles. The number of anilines is 1. The highest BCUT2D eigenvalue weighted by Crippen LogP contribution is 2.26. The number of carbonyl (C=O) groups is 1. The van der Waals surface area contributed by atoms with E-state index in [4.69, 9.17) is 16.3 Å². The van der Waals surface area contributed by atoms with E-state index in [0.29, 0.717) is 16.3 Å². The molecule has 0 spiro atoms. The Hall–Kier alpha value is -1.52. The van der Waals surface area contributed by atoms with Gasteiger partial charge in [0.15, 0.2) is 0 Å². The van der Waals surface area contributed by atoms with Gasteiger partial charge in [0.05, 0.1) is 12.1 Å². The van der Waals surface area contributed by atoms with Gasteiger partial charge in [-0.2, -0.15) is 0 Å². The van der Waals surface area contributed by atoms with Crippen LogP contribution in [0.15, 0.2) is 40.9 Å². The molecule has 2 aromatic rings. The summed E-state index contributed by atoms with van der Waals surface area (Å²) in [5.74, 6) is 0.572. The fourth-order valence-electron chi connectivity index (χ4n) is 1.80. The third-order valence-electron chi connectivity index (χ3n) is 2.83. The van der Waals surface area contributed by atoms with Crippen LogP contribution in [0.2, 0.25) is 5.02 Å². The molecule has 104 valence electrons. The second-order valence-electron chi connectivity index (χ2n) is 4.27. The summed E-state index contributed by atoms with van der Waals surface area (Å²) in [5.41, 5.74) is 2.13. The zero-order chi connectivity index (χ0) is 14.7. The maximum Gasteiger partial charge on any atom is 0.255 e. The molecule has 0 aliphatic rings. The minimum absolute atomic E-state index is 0.186. The molecule has 0 saturated heterocycles. The van der Waals surface area contributed by atoms with E-state index in [1.54, 1.807) is 43.5 Å². The molecular weight excluding hydrogens is 342 g/mol. The fourth-order valence-corrected chi connectivity index (χ4v) is 2.22. The average Bonchev–Trinajstić information content (AvgIpc) is 2.42. The molecule has 2 rings (SSSR count). The molecule has 5 heteroatoms. The smallest absolute Gasteiger partial charge is 0.255 e. The number of aryl methyl sites for hydroxylation is 1. The molecule has 0 aliphatic carbocycles. The molecule has 0 fully saturated rings. The molecule has 0 bridgehead atoms. The average molecular weight is 355 g/mol. The summed E-state index contributed by atoms with van der Waals surface area (Å²) in [6.45, 7) is 1.89. The van der Waals surface area contributed by atoms with Crippen molar-refractivity contribution in [1.82, 2.24) is 0 Å². The Labute approximate surface area is 131 Å². The van der Waals surface area contributed by atoms with Crippen LogP contribution < -0.4 is 10.1 Å². The predicted octanol–water partition coefficient (Wildman–Crippen LogP) is 4.67. The summed E-state index contributed by atoms with van der Waals surface area (Å²) < 4.78 is 5.96. The summed E-state index contributed by atoms with van der Waals surface area (Å²) >= 11 is 9.30. The second kappa shape index (κ2) is 6.29. The molecular formula is C15H13BrClNO2. The minimum atomic E-state index is -0.186. The van der Waals surface area contributed by atoms with Gasteiger partial charge in [0.1, 0.15) is 5.75 Å². The Morgan fingerprint density at radius 2 is 2.00 bits per heavy atom. The van der Waals surface area contributed by atoms with Gasteiger partial charge in [0.2, 0.25) is 0 Å². The molecule has 2 aromatic carbocycles. The molecule has 0 saturated carbocycles. The molecule has 20 heavy (non-hydrogen) atoms. The highest BCUT2D eigenvalue weighted by molar-refractivity contribution is 9.10. The van der Waals surface area contributed by atoms with Crippen molar-refractivity contribution in [3.8, 4) is 5.75 Å². The highest BCUT2D eigenvalue weighted by Gasteiger charge is 2.09. The first-order valence-corrected chi connectivity index (χ1v) is 7.09. The van der Waals surface area contributed by atoms with Crippen LogP contribution in [0.3, 0.4) is 0 Å². The number of rotatable bonds is 3. The largest absolute Gasteiger partial charge is 0.496 e. The van der Waals surface area contributed by atoms with Crippen molar-refractivity contribution in [2.45, 2.75) is 6.92 Å². The summed E-state index contributed by atoms with van der Waals surface area (Å²) in [6, 6.07) is 10.6. The van der Waals surface area contributed by atoms with E-state index in [1.165, 1.54) is 0 Å². The fraction of sp³-hybridized carbons (Fsp3) is 0.133. The lowest BCUT2D eigenvalue weighted by atomic mass is 10.1. The molecule has 0 heterocycles. The topological polar surface area (TPSA) is 38.3 Å². The maximum absolute atomic E-state index is 12.2. The molecule has 3 nitrogen and oxygen atoms in total. The van der Waals surface area contributed by atoms with E-state index < -0.39 is 0 Å². The third kappa shape index (κ3) is 3.32. The van der Waals surface area contributed by atoms with Gasteiger partial charge in [-0.15, -0.1) is 0 Å². The van der Waals surface area contributed by atoms with E-state index in [2.05, 4.69) is 21.2 Å². The molecule has 1 amide bonds. The number of methoxy groups -OCH3 is 1. The van der Waals surface area contributed by atoms with Gasteiger partial charge in [0, 0.05) is 15.7 Å². The van der Waals surface area contributed by atoms with Gasteiger partial charge < -0.3 is 10.1 Å². The summed E-state index contributed by atoms with van der Waals surface area (Å²) in [4.78, 5) is 12.2. The van der Waals surface area contributed by atoms with Crippen LogP contribution in [0.1, 0.15) is 15.9 Å². The number of halogens is 2. The van der Waals surface area contributed by atoms with E-state index in [-0.39, 0.29) is 5.91 Å². The van der Waals surface area contributed by atoms with E-state index in [9.17, 15) is 4.79 Å². The van der Waals surface area contributed by atoms with E-state index in [1.807, 2.05) is 6.92 Å². The molecule has 1 N–H and O–H groups in total. The van der Waals surface area contributed by atoms with Crippen molar-refractivity contribution in [2.75, 3.05) is 12.4 Å². The monoisotopic (exact) mass is 353 g/mol. The van der Waals surface area contributed by atoms with Crippen molar-refractivity contribution in [1.29, 1.82) is 0 Å². The van der Waals surface area contributed by atoms with Crippen molar-refractivity contribution in [3.63, 3.8) is 0 Å². The first-order valence-electron chi connectivity index (χ1n) is 5.92. The quantitative estimate of drug-likeness (QED) is 0.869. The van der Waals surface area contributed by atoms with Gasteiger partial charge in [-0.05, 0) is 64.8 Å². The lowest BCUT2D eigenvalue weighted by molar-refractivity contribution is 0.102. The number of hydrogen-bond acceptors (Lipinski definition) is 2. The SMILES string of the molecule is COc1ccc(C(=O)Nc2ccc(Br)c(Cl)c2)cc1C. The van der Waals surface area contributed by atoms with Crippen LogP contribution in [-0.2, 0) is 0 Å². The van der Waals surface area contributed by atoms with E-state index in [0.717, 1.165) is 15.8 Å². The van der Waals surface area contributed by atoms with Crippen molar-refractivity contribution in [2.24, 2.45) is 0 Å². The van der Waals surface area contributed by atoms with Crippen LogP contribution in [0.4, 0.5) is 5.69 Å². The van der Waals surface area contributed by atoms with Gasteiger partial charge in [-0.3, -0.25) is 4.79 Å². The number of hydrogen-bond donors (Lipinski definition) is 1. The van der Waals surface area contributed by atoms with Gasteiger partial charge >= 0.3 is 0 Å². The van der Waals surface area contributed by atoms with Crippen LogP contribution in [0.25, 0.3) is 0 Å². The zero-order valence-electron chi connectivity index (χ0n) is 11.0. The minimum Gasteiger partial charge on any atom is -0.496 e. The molecule has 0 unspecified atom stereocenters. The highest BCUT2D eigenvalue weighted by atomic mass is 79.9. The number of benzene rings is 2. The van der Waals surface area contributed by atoms with Crippen LogP contribution in [-0.4, -0.2) is 13.0 Å². The van der Waals surface area contributed by atoms with Crippen molar-refractivity contribution >= 4 is 39.1 Å². The number of ether oxygens (including phenoxy) is 1. The first-order chi connectivity index (χ1) is 9.51. The van der Waals surface area contributed by atoms with Gasteiger partial charge in [-0.25, -0.2) is 0 Å². The van der Waals surface area contributed by atoms with Crippen molar-refractivity contribution in [3.05, 3.63) is 57.0 Å². The molecule has 0 aliphatic heterocycles. The Balaban J connectivity index is 2.19. The van der Waals surface area contributed by atoms with Gasteiger partial charge in [0.25, 0.3) is 5.91 Å². The lowest BCUT2D eigenvalue weighted by Crippen LogP contribution is -2.12. The van der Waals surface area contributed by atoms with Gasteiger partial charge in [-0.1, -0.05) is 11.6 Å². The second-order valence-corrected chi connectivity index (χ2v) is 5.53. The molecule has 0 radical (unpaired) electrons. The summed E-state index contributed by atoms with van der Waals surface area (Å²) in [5, 5.41) is 3.36. The number of carbonyl (C=O) groups excluding carboxylic acids is 1. The normalized spacial score (nSPS) is 10.2. The molecule has 0 atom stereocenters. The Morgan fingerprint density at radius 3 is 2.60 bits per heavy atom. The summed E-state index contributed by atoms with van der Waals surface area (Å²) in [6.07, 6.45) is 0. The predicted molar refractivity (Wildman–Crippen MR) is 84.8 cm³/mol. The number of amides is 1. The standard InChI is InChI=1S/C15H13BrClNO2/c1-9-7-10(3-6-14(9)20-2)15(19)18-11-4-5-12(16)13(17)8-11/h3-8H,1-2H3,(H,18,19). The van der Waals surface area contributed by atoms with Crippen molar-refractivity contribution < 1.29 is 9.53 Å². The Kier molecular flexibility index (Phi) is 4.68. The van der Waals surface area contributed by atoms with E-state index >= 15 is 0 Å². The Bertz CT molecular complexity index is 658. The van der Waals surface area contributed by atoms with Crippen LogP contribution >= 0.6 is 27.5 Å². The number of nitrogens with one attached hydrogen (secondary N) is 1. The third-order valence-corrected chi connectivity index (χ3v) is 4.07. The maximum atomic E-state index is 12.2. The first kappa shape index (κ1) is 14.9.